The zero-order chi connectivity index (χ0) is 22.1. The molecule has 0 fully saturated rings. The lowest BCUT2D eigenvalue weighted by Gasteiger charge is -2.17. The molecule has 0 aliphatic carbocycles. The van der Waals surface area contributed by atoms with E-state index in [1.807, 2.05) is 0 Å². The maximum absolute atomic E-state index is 12.6. The molecule has 0 saturated heterocycles. The third-order valence-corrected chi connectivity index (χ3v) is 6.37. The molecule has 1 amide bonds. The van der Waals surface area contributed by atoms with Gasteiger partial charge in [-0.25, -0.2) is 4.79 Å². The number of nitrogens with one attached hydrogen (secondary N) is 1. The number of hydrogen-bond donors (Lipinski definition) is 1. The zero-order valence-corrected chi connectivity index (χ0v) is 17.8. The fraction of sp³-hybridized carbons (Fsp3) is 0.286. The molecule has 0 aliphatic heterocycles. The van der Waals surface area contributed by atoms with E-state index in [1.54, 1.807) is 48.5 Å². The summed E-state index contributed by atoms with van der Waals surface area (Å²) in [7, 11) is 0.634. The summed E-state index contributed by atoms with van der Waals surface area (Å²) in [6.45, 7) is 0. The van der Waals surface area contributed by atoms with Gasteiger partial charge in [-0.1, -0.05) is 30.3 Å². The number of nitriles is 1. The SMILES string of the molecule is COC(=O)[C@H](Cc1ccccc1C#N)NC(=O)c1ccc(CP(=O)(OC)OC)cc1. The lowest BCUT2D eigenvalue weighted by Crippen LogP contribution is -2.43. The van der Waals surface area contributed by atoms with Crippen LogP contribution in [0.1, 0.15) is 27.0 Å². The van der Waals surface area contributed by atoms with E-state index < -0.39 is 25.5 Å². The fourth-order valence-electron chi connectivity index (χ4n) is 2.79. The first kappa shape index (κ1) is 23.3. The highest BCUT2D eigenvalue weighted by Crippen LogP contribution is 2.49. The number of esters is 1. The molecule has 0 unspecified atom stereocenters. The number of rotatable bonds is 9. The Balaban J connectivity index is 2.15. The number of amides is 1. The quantitative estimate of drug-likeness (QED) is 0.480. The minimum Gasteiger partial charge on any atom is -0.467 e. The van der Waals surface area contributed by atoms with Crippen molar-refractivity contribution < 1.29 is 27.9 Å². The molecular formula is C21H23N2O6P. The molecule has 2 aromatic carbocycles. The molecule has 158 valence electrons. The Morgan fingerprint density at radius 3 is 2.27 bits per heavy atom. The lowest BCUT2D eigenvalue weighted by atomic mass is 10.0. The van der Waals surface area contributed by atoms with Gasteiger partial charge in [-0.3, -0.25) is 9.36 Å². The molecule has 1 atom stereocenters. The monoisotopic (exact) mass is 430 g/mol. The highest BCUT2D eigenvalue weighted by Gasteiger charge is 2.24. The molecule has 0 saturated carbocycles. The highest BCUT2D eigenvalue weighted by molar-refractivity contribution is 7.52. The van der Waals surface area contributed by atoms with Gasteiger partial charge in [0, 0.05) is 26.2 Å². The summed E-state index contributed by atoms with van der Waals surface area (Å²) in [6, 6.07) is 14.3. The first-order valence-electron chi connectivity index (χ1n) is 9.02. The molecule has 2 rings (SSSR count). The standard InChI is InChI=1S/C21H23N2O6P/c1-27-21(25)19(12-17-6-4-5-7-18(17)13-22)23-20(24)16-10-8-15(9-11-16)14-30(26,28-2)29-3/h4-11,19H,12,14H2,1-3H3,(H,23,24)/t19-/m0/s1. The molecule has 0 heterocycles. The van der Waals surface area contributed by atoms with E-state index in [1.165, 1.54) is 21.3 Å². The van der Waals surface area contributed by atoms with Crippen LogP contribution in [-0.2, 0) is 35.7 Å². The molecule has 0 aromatic heterocycles. The maximum Gasteiger partial charge on any atom is 0.334 e. The summed E-state index contributed by atoms with van der Waals surface area (Å²) in [5.41, 5.74) is 2.03. The van der Waals surface area contributed by atoms with Gasteiger partial charge in [-0.05, 0) is 29.3 Å². The molecule has 0 bridgehead atoms. The third-order valence-electron chi connectivity index (χ3n) is 4.50. The van der Waals surface area contributed by atoms with Crippen LogP contribution in [0.25, 0.3) is 0 Å². The van der Waals surface area contributed by atoms with Crippen molar-refractivity contribution in [2.75, 3.05) is 21.3 Å². The highest BCUT2D eigenvalue weighted by atomic mass is 31.2. The molecule has 0 aliphatic rings. The van der Waals surface area contributed by atoms with Crippen LogP contribution in [0.2, 0.25) is 0 Å². The second-order valence-electron chi connectivity index (χ2n) is 6.35. The number of carbonyl (C=O) groups excluding carboxylic acids is 2. The van der Waals surface area contributed by atoms with Crippen molar-refractivity contribution in [3.8, 4) is 6.07 Å². The Labute approximate surface area is 175 Å². The molecule has 1 N–H and O–H groups in total. The minimum absolute atomic E-state index is 0.0671. The molecule has 2 aromatic rings. The van der Waals surface area contributed by atoms with Gasteiger partial charge in [-0.15, -0.1) is 0 Å². The van der Waals surface area contributed by atoms with Gasteiger partial charge in [0.25, 0.3) is 5.91 Å². The van der Waals surface area contributed by atoms with Crippen LogP contribution in [0, 0.1) is 11.3 Å². The molecule has 0 spiro atoms. The number of hydrogen-bond acceptors (Lipinski definition) is 7. The summed E-state index contributed by atoms with van der Waals surface area (Å²) >= 11 is 0. The topological polar surface area (TPSA) is 115 Å². The fourth-order valence-corrected chi connectivity index (χ4v) is 3.86. The van der Waals surface area contributed by atoms with Gasteiger partial charge >= 0.3 is 13.6 Å². The van der Waals surface area contributed by atoms with Gasteiger partial charge in [0.2, 0.25) is 0 Å². The predicted molar refractivity (Wildman–Crippen MR) is 110 cm³/mol. The van der Waals surface area contributed by atoms with Crippen molar-refractivity contribution in [3.05, 3.63) is 70.8 Å². The molecule has 8 nitrogen and oxygen atoms in total. The zero-order valence-electron chi connectivity index (χ0n) is 17.0. The Hall–Kier alpha value is -2.98. The molecular weight excluding hydrogens is 407 g/mol. The molecule has 0 radical (unpaired) electrons. The number of ether oxygens (including phenoxy) is 1. The van der Waals surface area contributed by atoms with Gasteiger partial charge in [0.1, 0.15) is 6.04 Å². The van der Waals surface area contributed by atoms with Crippen molar-refractivity contribution in [2.24, 2.45) is 0 Å². The second kappa shape index (κ2) is 10.7. The van der Waals surface area contributed by atoms with Crippen molar-refractivity contribution in [1.82, 2.24) is 5.32 Å². The van der Waals surface area contributed by atoms with Gasteiger partial charge in [-0.2, -0.15) is 5.26 Å². The van der Waals surface area contributed by atoms with Crippen molar-refractivity contribution in [1.29, 1.82) is 5.26 Å². The summed E-state index contributed by atoms with van der Waals surface area (Å²) in [5, 5.41) is 11.9. The van der Waals surface area contributed by atoms with Crippen LogP contribution in [0.3, 0.4) is 0 Å². The lowest BCUT2D eigenvalue weighted by molar-refractivity contribution is -0.142. The first-order chi connectivity index (χ1) is 14.4. The predicted octanol–water partition coefficient (Wildman–Crippen LogP) is 3.06. The normalized spacial score (nSPS) is 11.9. The van der Waals surface area contributed by atoms with E-state index in [2.05, 4.69) is 11.4 Å². The Morgan fingerprint density at radius 2 is 1.70 bits per heavy atom. The number of methoxy groups -OCH3 is 1. The Kier molecular flexibility index (Phi) is 8.31. The average molecular weight is 430 g/mol. The average Bonchev–Trinajstić information content (AvgIpc) is 2.78. The van der Waals surface area contributed by atoms with Crippen LogP contribution >= 0.6 is 7.60 Å². The van der Waals surface area contributed by atoms with Crippen LogP contribution in [-0.4, -0.2) is 39.2 Å². The van der Waals surface area contributed by atoms with Crippen molar-refractivity contribution in [3.63, 3.8) is 0 Å². The number of benzene rings is 2. The van der Waals surface area contributed by atoms with E-state index in [0.29, 0.717) is 22.3 Å². The second-order valence-corrected chi connectivity index (χ2v) is 8.62. The largest absolute Gasteiger partial charge is 0.467 e. The van der Waals surface area contributed by atoms with Crippen LogP contribution in [0.5, 0.6) is 0 Å². The molecule has 9 heteroatoms. The number of carbonyl (C=O) groups is 2. The van der Waals surface area contributed by atoms with Crippen molar-refractivity contribution >= 4 is 19.5 Å². The van der Waals surface area contributed by atoms with Crippen molar-refractivity contribution in [2.45, 2.75) is 18.6 Å². The van der Waals surface area contributed by atoms with E-state index in [-0.39, 0.29) is 12.6 Å². The third kappa shape index (κ3) is 6.01. The van der Waals surface area contributed by atoms with E-state index in [0.717, 1.165) is 0 Å². The summed E-state index contributed by atoms with van der Waals surface area (Å²) < 4.78 is 26.8. The Bertz CT molecular complexity index is 976. The van der Waals surface area contributed by atoms with E-state index >= 15 is 0 Å². The Morgan fingerprint density at radius 1 is 1.07 bits per heavy atom. The number of nitrogens with zero attached hydrogens (tertiary/aromatic N) is 1. The maximum atomic E-state index is 12.6. The van der Waals surface area contributed by atoms with Crippen LogP contribution in [0.4, 0.5) is 0 Å². The minimum atomic E-state index is -3.22. The summed E-state index contributed by atoms with van der Waals surface area (Å²) in [4.78, 5) is 24.8. The first-order valence-corrected chi connectivity index (χ1v) is 10.7. The molecule has 30 heavy (non-hydrogen) atoms. The van der Waals surface area contributed by atoms with Gasteiger partial charge in [0.15, 0.2) is 0 Å². The van der Waals surface area contributed by atoms with Crippen LogP contribution in [0.15, 0.2) is 48.5 Å². The van der Waals surface area contributed by atoms with E-state index in [9.17, 15) is 19.4 Å². The summed E-state index contributed by atoms with van der Waals surface area (Å²) in [5.74, 6) is -1.10. The van der Waals surface area contributed by atoms with Gasteiger partial charge < -0.3 is 19.1 Å². The van der Waals surface area contributed by atoms with Gasteiger partial charge in [0.05, 0.1) is 24.9 Å². The summed E-state index contributed by atoms with van der Waals surface area (Å²) in [6.07, 6.45) is 0.183. The smallest absolute Gasteiger partial charge is 0.334 e. The van der Waals surface area contributed by atoms with Crippen LogP contribution < -0.4 is 5.32 Å². The van der Waals surface area contributed by atoms with E-state index in [4.69, 9.17) is 13.8 Å².